The average molecular weight is 293 g/mol. The number of pyridine rings is 1. The Bertz CT molecular complexity index is 529. The van der Waals surface area contributed by atoms with Crippen molar-refractivity contribution in [3.05, 3.63) is 53.2 Å². The number of halogens is 1. The van der Waals surface area contributed by atoms with Crippen molar-refractivity contribution in [2.24, 2.45) is 0 Å². The summed E-state index contributed by atoms with van der Waals surface area (Å²) < 4.78 is 0. The maximum Gasteiger partial charge on any atom is 0.101 e. The molecule has 0 fully saturated rings. The fourth-order valence-corrected chi connectivity index (χ4v) is 2.85. The van der Waals surface area contributed by atoms with Crippen molar-refractivity contribution in [1.29, 1.82) is 0 Å². The van der Waals surface area contributed by atoms with Crippen molar-refractivity contribution >= 4 is 23.4 Å². The minimum absolute atomic E-state index is 0.451. The van der Waals surface area contributed by atoms with E-state index in [9.17, 15) is 0 Å². The van der Waals surface area contributed by atoms with Crippen LogP contribution >= 0.6 is 23.4 Å². The molecule has 100 valence electrons. The molecular weight excluding hydrogens is 276 g/mol. The molecule has 0 saturated carbocycles. The molecule has 1 aromatic carbocycles. The van der Waals surface area contributed by atoms with E-state index in [1.54, 1.807) is 18.0 Å². The lowest BCUT2D eigenvalue weighted by molar-refractivity contribution is 0.585. The Morgan fingerprint density at radius 1 is 1.21 bits per heavy atom. The Labute approximate surface area is 123 Å². The first kappa shape index (κ1) is 14.4. The number of rotatable bonds is 5. The number of hydrogen-bond donors (Lipinski definition) is 1. The third-order valence-corrected chi connectivity index (χ3v) is 4.16. The van der Waals surface area contributed by atoms with Crippen LogP contribution in [-0.2, 0) is 6.54 Å². The highest BCUT2D eigenvalue weighted by molar-refractivity contribution is 7.99. The van der Waals surface area contributed by atoms with E-state index in [1.807, 2.05) is 30.3 Å². The molecule has 4 heteroatoms. The van der Waals surface area contributed by atoms with E-state index >= 15 is 0 Å². The summed E-state index contributed by atoms with van der Waals surface area (Å²) in [7, 11) is 0. The predicted octanol–water partition coefficient (Wildman–Crippen LogP) is 4.38. The van der Waals surface area contributed by atoms with Gasteiger partial charge in [-0.25, -0.2) is 4.98 Å². The molecule has 0 unspecified atom stereocenters. The maximum absolute atomic E-state index is 6.32. The summed E-state index contributed by atoms with van der Waals surface area (Å²) in [5.74, 6) is 0. The molecule has 0 aliphatic rings. The van der Waals surface area contributed by atoms with Crippen molar-refractivity contribution in [3.8, 4) is 0 Å². The highest BCUT2D eigenvalue weighted by Crippen LogP contribution is 2.34. The van der Waals surface area contributed by atoms with Crippen LogP contribution in [0.25, 0.3) is 0 Å². The fourth-order valence-electron chi connectivity index (χ4n) is 1.63. The van der Waals surface area contributed by atoms with Crippen LogP contribution < -0.4 is 5.32 Å². The second kappa shape index (κ2) is 6.94. The summed E-state index contributed by atoms with van der Waals surface area (Å²) in [4.78, 5) is 5.42. The number of hydrogen-bond acceptors (Lipinski definition) is 3. The third kappa shape index (κ3) is 4.23. The highest BCUT2D eigenvalue weighted by Gasteiger charge is 2.09. The quantitative estimate of drug-likeness (QED) is 0.885. The second-order valence-corrected chi connectivity index (χ2v) is 5.97. The van der Waals surface area contributed by atoms with Gasteiger partial charge in [-0.2, -0.15) is 0 Å². The zero-order valence-electron chi connectivity index (χ0n) is 11.1. The molecule has 2 rings (SSSR count). The molecule has 19 heavy (non-hydrogen) atoms. The van der Waals surface area contributed by atoms with Crippen molar-refractivity contribution in [3.63, 3.8) is 0 Å². The largest absolute Gasteiger partial charge is 0.310 e. The van der Waals surface area contributed by atoms with Gasteiger partial charge in [0.2, 0.25) is 0 Å². The van der Waals surface area contributed by atoms with Gasteiger partial charge in [-0.15, -0.1) is 0 Å². The van der Waals surface area contributed by atoms with Gasteiger partial charge in [0.15, 0.2) is 0 Å². The molecule has 0 atom stereocenters. The molecule has 1 N–H and O–H groups in total. The molecule has 1 heterocycles. The van der Waals surface area contributed by atoms with Gasteiger partial charge in [-0.05, 0) is 23.8 Å². The van der Waals surface area contributed by atoms with E-state index in [1.165, 1.54) is 5.56 Å². The monoisotopic (exact) mass is 292 g/mol. The first-order valence-electron chi connectivity index (χ1n) is 6.26. The highest BCUT2D eigenvalue weighted by atomic mass is 35.5. The minimum atomic E-state index is 0.451. The summed E-state index contributed by atoms with van der Waals surface area (Å²) in [6.07, 6.45) is 1.80. The van der Waals surface area contributed by atoms with Gasteiger partial charge in [0, 0.05) is 23.7 Å². The summed E-state index contributed by atoms with van der Waals surface area (Å²) in [6, 6.07) is 12.4. The molecule has 0 radical (unpaired) electrons. The zero-order valence-corrected chi connectivity index (χ0v) is 12.6. The number of benzene rings is 1. The van der Waals surface area contributed by atoms with E-state index in [0.29, 0.717) is 6.04 Å². The first-order valence-corrected chi connectivity index (χ1v) is 7.46. The molecular formula is C15H17ClN2S. The van der Waals surface area contributed by atoms with Crippen LogP contribution in [-0.4, -0.2) is 11.0 Å². The van der Waals surface area contributed by atoms with Gasteiger partial charge in [0.25, 0.3) is 0 Å². The topological polar surface area (TPSA) is 24.9 Å². The Morgan fingerprint density at radius 3 is 2.74 bits per heavy atom. The summed E-state index contributed by atoms with van der Waals surface area (Å²) in [6.45, 7) is 5.08. The lowest BCUT2D eigenvalue weighted by Crippen LogP contribution is -2.22. The molecule has 0 bridgehead atoms. The molecule has 0 spiro atoms. The first-order chi connectivity index (χ1) is 9.16. The minimum Gasteiger partial charge on any atom is -0.310 e. The maximum atomic E-state index is 6.32. The SMILES string of the molecule is CC(C)NCc1cccc(Cl)c1Sc1ccccn1. The molecule has 0 amide bonds. The normalized spacial score (nSPS) is 10.9. The fraction of sp³-hybridized carbons (Fsp3) is 0.267. The van der Waals surface area contributed by atoms with E-state index < -0.39 is 0 Å². The van der Waals surface area contributed by atoms with E-state index in [4.69, 9.17) is 11.6 Å². The van der Waals surface area contributed by atoms with Gasteiger partial charge in [0.05, 0.1) is 5.02 Å². The van der Waals surface area contributed by atoms with Crippen LogP contribution in [0.1, 0.15) is 19.4 Å². The van der Waals surface area contributed by atoms with Crippen LogP contribution in [0.15, 0.2) is 52.5 Å². The summed E-state index contributed by atoms with van der Waals surface area (Å²) in [5, 5.41) is 5.16. The van der Waals surface area contributed by atoms with Gasteiger partial charge in [0.1, 0.15) is 5.03 Å². The molecule has 0 saturated heterocycles. The number of aromatic nitrogens is 1. The number of nitrogens with one attached hydrogen (secondary N) is 1. The lowest BCUT2D eigenvalue weighted by atomic mass is 10.2. The van der Waals surface area contributed by atoms with Crippen LogP contribution in [0.3, 0.4) is 0 Å². The second-order valence-electron chi connectivity index (χ2n) is 4.53. The Balaban J connectivity index is 2.22. The smallest absolute Gasteiger partial charge is 0.101 e. The average Bonchev–Trinajstić information content (AvgIpc) is 2.40. The van der Waals surface area contributed by atoms with Crippen molar-refractivity contribution in [2.75, 3.05) is 0 Å². The standard InChI is InChI=1S/C15H17ClN2S/c1-11(2)18-10-12-6-5-7-13(16)15(12)19-14-8-3-4-9-17-14/h3-9,11,18H,10H2,1-2H3. The molecule has 2 nitrogen and oxygen atoms in total. The van der Waals surface area contributed by atoms with Gasteiger partial charge < -0.3 is 5.32 Å². The molecule has 0 aliphatic carbocycles. The molecule has 0 aliphatic heterocycles. The molecule has 1 aromatic heterocycles. The van der Waals surface area contributed by atoms with Crippen LogP contribution in [0.2, 0.25) is 5.02 Å². The summed E-state index contributed by atoms with van der Waals surface area (Å²) in [5.41, 5.74) is 1.21. The van der Waals surface area contributed by atoms with Gasteiger partial charge in [-0.3, -0.25) is 0 Å². The predicted molar refractivity (Wildman–Crippen MR) is 81.8 cm³/mol. The van der Waals surface area contributed by atoms with E-state index in [2.05, 4.69) is 30.2 Å². The Kier molecular flexibility index (Phi) is 5.25. The van der Waals surface area contributed by atoms with Gasteiger partial charge in [-0.1, -0.05) is 55.4 Å². The zero-order chi connectivity index (χ0) is 13.7. The van der Waals surface area contributed by atoms with Crippen molar-refractivity contribution in [2.45, 2.75) is 36.4 Å². The van der Waals surface area contributed by atoms with Gasteiger partial charge >= 0.3 is 0 Å². The Morgan fingerprint density at radius 2 is 2.05 bits per heavy atom. The lowest BCUT2D eigenvalue weighted by Gasteiger charge is -2.13. The van der Waals surface area contributed by atoms with E-state index in [0.717, 1.165) is 21.5 Å². The summed E-state index contributed by atoms with van der Waals surface area (Å²) >= 11 is 7.93. The van der Waals surface area contributed by atoms with Crippen LogP contribution in [0.5, 0.6) is 0 Å². The number of nitrogens with zero attached hydrogens (tertiary/aromatic N) is 1. The Hall–Kier alpha value is -1.03. The van der Waals surface area contributed by atoms with E-state index in [-0.39, 0.29) is 0 Å². The van der Waals surface area contributed by atoms with Crippen molar-refractivity contribution in [1.82, 2.24) is 10.3 Å². The van der Waals surface area contributed by atoms with Crippen LogP contribution in [0, 0.1) is 0 Å². The third-order valence-electron chi connectivity index (χ3n) is 2.59. The molecule has 2 aromatic rings. The van der Waals surface area contributed by atoms with Crippen LogP contribution in [0.4, 0.5) is 0 Å². The van der Waals surface area contributed by atoms with Crippen molar-refractivity contribution < 1.29 is 0 Å².